The van der Waals surface area contributed by atoms with E-state index >= 15 is 0 Å². The fourth-order valence-electron chi connectivity index (χ4n) is 2.27. The summed E-state index contributed by atoms with van der Waals surface area (Å²) in [5.74, 6) is -0.229. The van der Waals surface area contributed by atoms with Crippen molar-refractivity contribution in [3.8, 4) is 6.07 Å². The molecule has 0 atom stereocenters. The minimum Gasteiger partial charge on any atom is -0.323 e. The van der Waals surface area contributed by atoms with Gasteiger partial charge in [0.05, 0.1) is 17.3 Å². The molecule has 0 aliphatic carbocycles. The SMILES string of the molecule is CCC1(CC)NC(=O)N(c2ccc(C#N)cc2)C1=O. The first kappa shape index (κ1) is 13.1. The first-order chi connectivity index (χ1) is 9.07. The van der Waals surface area contributed by atoms with Crippen LogP contribution in [0.1, 0.15) is 32.3 Å². The number of nitriles is 1. The molecule has 0 aromatic heterocycles. The molecule has 1 aromatic carbocycles. The number of rotatable bonds is 3. The fourth-order valence-corrected chi connectivity index (χ4v) is 2.27. The molecule has 3 amide bonds. The largest absolute Gasteiger partial charge is 0.329 e. The zero-order chi connectivity index (χ0) is 14.0. The minimum absolute atomic E-state index is 0.229. The normalized spacial score (nSPS) is 17.2. The summed E-state index contributed by atoms with van der Waals surface area (Å²) in [6, 6.07) is 8.00. The molecule has 0 radical (unpaired) electrons. The predicted molar refractivity (Wildman–Crippen MR) is 70.5 cm³/mol. The number of imide groups is 1. The Balaban J connectivity index is 2.37. The monoisotopic (exact) mass is 257 g/mol. The lowest BCUT2D eigenvalue weighted by molar-refractivity contribution is -0.122. The summed E-state index contributed by atoms with van der Waals surface area (Å²) in [7, 11) is 0. The zero-order valence-corrected chi connectivity index (χ0v) is 10.9. The van der Waals surface area contributed by atoms with Crippen LogP contribution in [0.15, 0.2) is 24.3 Å². The molecule has 0 unspecified atom stereocenters. The van der Waals surface area contributed by atoms with Crippen molar-refractivity contribution in [2.75, 3.05) is 4.90 Å². The topological polar surface area (TPSA) is 73.2 Å². The Morgan fingerprint density at radius 3 is 2.21 bits per heavy atom. The molecule has 1 aliphatic heterocycles. The van der Waals surface area contributed by atoms with Crippen LogP contribution in [-0.4, -0.2) is 17.5 Å². The number of nitrogens with one attached hydrogen (secondary N) is 1. The second-order valence-corrected chi connectivity index (χ2v) is 4.52. The van der Waals surface area contributed by atoms with Crippen LogP contribution in [-0.2, 0) is 4.79 Å². The van der Waals surface area contributed by atoms with E-state index in [1.165, 1.54) is 0 Å². The first-order valence-electron chi connectivity index (χ1n) is 6.25. The third kappa shape index (κ3) is 1.95. The lowest BCUT2D eigenvalue weighted by Crippen LogP contribution is -2.45. The fraction of sp³-hybridized carbons (Fsp3) is 0.357. The van der Waals surface area contributed by atoms with Gasteiger partial charge in [-0.05, 0) is 37.1 Å². The van der Waals surface area contributed by atoms with E-state index in [-0.39, 0.29) is 5.91 Å². The first-order valence-corrected chi connectivity index (χ1v) is 6.25. The van der Waals surface area contributed by atoms with Crippen LogP contribution < -0.4 is 10.2 Å². The Morgan fingerprint density at radius 2 is 1.79 bits per heavy atom. The van der Waals surface area contributed by atoms with Gasteiger partial charge in [0.1, 0.15) is 5.54 Å². The molecule has 19 heavy (non-hydrogen) atoms. The molecule has 1 fully saturated rings. The van der Waals surface area contributed by atoms with Crippen LogP contribution in [0.3, 0.4) is 0 Å². The van der Waals surface area contributed by atoms with E-state index in [1.807, 2.05) is 19.9 Å². The average Bonchev–Trinajstić information content (AvgIpc) is 2.70. The maximum Gasteiger partial charge on any atom is 0.329 e. The molecule has 98 valence electrons. The molecule has 0 bridgehead atoms. The Kier molecular flexibility index (Phi) is 3.26. The van der Waals surface area contributed by atoms with Gasteiger partial charge in [-0.25, -0.2) is 9.69 Å². The summed E-state index contributed by atoms with van der Waals surface area (Å²) in [6.07, 6.45) is 1.11. The summed E-state index contributed by atoms with van der Waals surface area (Å²) < 4.78 is 0. The third-order valence-corrected chi connectivity index (χ3v) is 3.62. The van der Waals surface area contributed by atoms with Gasteiger partial charge in [-0.15, -0.1) is 0 Å². The van der Waals surface area contributed by atoms with E-state index in [9.17, 15) is 9.59 Å². The summed E-state index contributed by atoms with van der Waals surface area (Å²) >= 11 is 0. The van der Waals surface area contributed by atoms with Gasteiger partial charge >= 0.3 is 6.03 Å². The van der Waals surface area contributed by atoms with Gasteiger partial charge < -0.3 is 5.32 Å². The van der Waals surface area contributed by atoms with Crippen molar-refractivity contribution in [3.05, 3.63) is 29.8 Å². The highest BCUT2D eigenvalue weighted by molar-refractivity contribution is 6.23. The highest BCUT2D eigenvalue weighted by Crippen LogP contribution is 2.29. The minimum atomic E-state index is -0.801. The Hall–Kier alpha value is -2.35. The van der Waals surface area contributed by atoms with Crippen LogP contribution in [0.5, 0.6) is 0 Å². The van der Waals surface area contributed by atoms with E-state index in [4.69, 9.17) is 5.26 Å². The highest BCUT2D eigenvalue weighted by Gasteiger charge is 2.49. The second-order valence-electron chi connectivity index (χ2n) is 4.52. The van der Waals surface area contributed by atoms with E-state index in [0.29, 0.717) is 24.1 Å². The molecular formula is C14H15N3O2. The van der Waals surface area contributed by atoms with Gasteiger partial charge in [0, 0.05) is 0 Å². The summed E-state index contributed by atoms with van der Waals surface area (Å²) in [5, 5.41) is 11.5. The van der Waals surface area contributed by atoms with Crippen molar-refractivity contribution in [3.63, 3.8) is 0 Å². The number of carbonyl (C=O) groups is 2. The maximum absolute atomic E-state index is 12.4. The number of anilines is 1. The lowest BCUT2D eigenvalue weighted by atomic mass is 9.93. The Bertz CT molecular complexity index is 553. The number of nitrogens with zero attached hydrogens (tertiary/aromatic N) is 2. The molecule has 5 nitrogen and oxygen atoms in total. The quantitative estimate of drug-likeness (QED) is 0.843. The number of hydrogen-bond acceptors (Lipinski definition) is 3. The molecule has 1 N–H and O–H groups in total. The van der Waals surface area contributed by atoms with Crippen molar-refractivity contribution < 1.29 is 9.59 Å². The van der Waals surface area contributed by atoms with Crippen LogP contribution in [0, 0.1) is 11.3 Å². The van der Waals surface area contributed by atoms with Gasteiger partial charge in [0.15, 0.2) is 0 Å². The third-order valence-electron chi connectivity index (χ3n) is 3.62. The second kappa shape index (κ2) is 4.73. The van der Waals surface area contributed by atoms with Crippen molar-refractivity contribution in [1.82, 2.24) is 5.32 Å². The molecule has 1 aliphatic rings. The van der Waals surface area contributed by atoms with Crippen LogP contribution in [0.2, 0.25) is 0 Å². The van der Waals surface area contributed by atoms with Crippen LogP contribution in [0.4, 0.5) is 10.5 Å². The van der Waals surface area contributed by atoms with Gasteiger partial charge in [-0.2, -0.15) is 5.26 Å². The molecule has 2 rings (SSSR count). The van der Waals surface area contributed by atoms with E-state index in [0.717, 1.165) is 4.90 Å². The number of benzene rings is 1. The molecule has 0 spiro atoms. The zero-order valence-electron chi connectivity index (χ0n) is 10.9. The van der Waals surface area contributed by atoms with Gasteiger partial charge in [0.2, 0.25) is 0 Å². The van der Waals surface area contributed by atoms with E-state index in [2.05, 4.69) is 5.32 Å². The molecule has 1 aromatic rings. The molecule has 1 saturated heterocycles. The summed E-state index contributed by atoms with van der Waals surface area (Å²) in [5.41, 5.74) is 0.184. The van der Waals surface area contributed by atoms with Crippen molar-refractivity contribution in [2.24, 2.45) is 0 Å². The van der Waals surface area contributed by atoms with Crippen LogP contribution >= 0.6 is 0 Å². The van der Waals surface area contributed by atoms with Crippen molar-refractivity contribution in [2.45, 2.75) is 32.2 Å². The molecular weight excluding hydrogens is 242 g/mol. The number of urea groups is 1. The van der Waals surface area contributed by atoms with Crippen molar-refractivity contribution in [1.29, 1.82) is 5.26 Å². The number of hydrogen-bond donors (Lipinski definition) is 1. The molecule has 1 heterocycles. The Morgan fingerprint density at radius 1 is 1.21 bits per heavy atom. The summed E-state index contributed by atoms with van der Waals surface area (Å²) in [4.78, 5) is 25.6. The van der Waals surface area contributed by atoms with Crippen molar-refractivity contribution >= 4 is 17.6 Å². The van der Waals surface area contributed by atoms with Gasteiger partial charge in [-0.3, -0.25) is 4.79 Å². The highest BCUT2D eigenvalue weighted by atomic mass is 16.2. The smallest absolute Gasteiger partial charge is 0.323 e. The van der Waals surface area contributed by atoms with E-state index < -0.39 is 11.6 Å². The number of carbonyl (C=O) groups excluding carboxylic acids is 2. The summed E-state index contributed by atoms with van der Waals surface area (Å²) in [6.45, 7) is 3.76. The maximum atomic E-state index is 12.4. The Labute approximate surface area is 111 Å². The van der Waals surface area contributed by atoms with Gasteiger partial charge in [0.25, 0.3) is 5.91 Å². The van der Waals surface area contributed by atoms with E-state index in [1.54, 1.807) is 24.3 Å². The molecule has 0 saturated carbocycles. The standard InChI is InChI=1S/C14H15N3O2/c1-3-14(4-2)12(18)17(13(19)16-14)11-7-5-10(9-15)6-8-11/h5-8H,3-4H2,1-2H3,(H,16,19). The van der Waals surface area contributed by atoms with Crippen LogP contribution in [0.25, 0.3) is 0 Å². The predicted octanol–water partition coefficient (Wildman–Crippen LogP) is 2.17. The lowest BCUT2D eigenvalue weighted by Gasteiger charge is -2.23. The van der Waals surface area contributed by atoms with Gasteiger partial charge in [-0.1, -0.05) is 13.8 Å². The average molecular weight is 257 g/mol. The number of amides is 3. The molecule has 5 heteroatoms.